The molecule has 1 aliphatic heterocycles. The number of nitrogens with zero attached hydrogens (tertiary/aromatic N) is 1. The van der Waals surface area contributed by atoms with Crippen LogP contribution in [-0.2, 0) is 4.79 Å². The van der Waals surface area contributed by atoms with Gasteiger partial charge in [-0.25, -0.2) is 4.79 Å². The van der Waals surface area contributed by atoms with Gasteiger partial charge in [0.2, 0.25) is 0 Å². The van der Waals surface area contributed by atoms with E-state index in [2.05, 4.69) is 5.32 Å². The van der Waals surface area contributed by atoms with Crippen LogP contribution in [0.5, 0.6) is 0 Å². The van der Waals surface area contributed by atoms with Crippen LogP contribution >= 0.6 is 0 Å². The van der Waals surface area contributed by atoms with Gasteiger partial charge in [0.1, 0.15) is 0 Å². The normalized spacial score (nSPS) is 16.3. The van der Waals surface area contributed by atoms with Crippen LogP contribution in [0.25, 0.3) is 5.57 Å². The van der Waals surface area contributed by atoms with Gasteiger partial charge < -0.3 is 15.3 Å². The van der Waals surface area contributed by atoms with Crippen LogP contribution in [0.2, 0.25) is 0 Å². The van der Waals surface area contributed by atoms with Crippen LogP contribution < -0.4 is 5.32 Å². The van der Waals surface area contributed by atoms with Crippen molar-refractivity contribution in [1.29, 1.82) is 0 Å². The van der Waals surface area contributed by atoms with Crippen molar-refractivity contribution in [2.75, 3.05) is 13.1 Å². The summed E-state index contributed by atoms with van der Waals surface area (Å²) in [6.07, 6.45) is -4.01. The van der Waals surface area contributed by atoms with Gasteiger partial charge in [-0.2, -0.15) is 13.2 Å². The average molecular weight is 342 g/mol. The van der Waals surface area contributed by atoms with Crippen LogP contribution in [0.15, 0.2) is 30.3 Å². The molecule has 5 nitrogen and oxygen atoms in total. The molecular weight excluding hydrogens is 325 g/mol. The van der Waals surface area contributed by atoms with E-state index in [1.165, 1.54) is 0 Å². The molecule has 0 bridgehead atoms. The number of benzene rings is 1. The Kier molecular flexibility index (Phi) is 5.16. The molecule has 8 heteroatoms. The highest BCUT2D eigenvalue weighted by Crippen LogP contribution is 2.26. The maximum absolute atomic E-state index is 12.4. The van der Waals surface area contributed by atoms with E-state index >= 15 is 0 Å². The lowest BCUT2D eigenvalue weighted by molar-refractivity contribution is -0.185. The molecule has 1 heterocycles. The van der Waals surface area contributed by atoms with E-state index < -0.39 is 18.2 Å². The lowest BCUT2D eigenvalue weighted by Crippen LogP contribution is -2.43. The van der Waals surface area contributed by atoms with Gasteiger partial charge in [0.15, 0.2) is 0 Å². The zero-order valence-electron chi connectivity index (χ0n) is 12.9. The summed E-state index contributed by atoms with van der Waals surface area (Å²) in [5.74, 6) is -1.82. The Hall–Kier alpha value is -2.51. The van der Waals surface area contributed by atoms with Gasteiger partial charge in [-0.15, -0.1) is 0 Å². The second kappa shape index (κ2) is 6.94. The number of carbonyl (C=O) groups is 2. The van der Waals surface area contributed by atoms with E-state index in [4.69, 9.17) is 5.11 Å². The molecule has 1 atom stereocenters. The van der Waals surface area contributed by atoms with Crippen LogP contribution in [-0.4, -0.2) is 41.3 Å². The van der Waals surface area contributed by atoms with Crippen molar-refractivity contribution in [3.8, 4) is 0 Å². The molecule has 0 saturated heterocycles. The monoisotopic (exact) mass is 342 g/mol. The maximum atomic E-state index is 12.4. The van der Waals surface area contributed by atoms with Crippen LogP contribution in [0.4, 0.5) is 18.0 Å². The number of halogens is 3. The van der Waals surface area contributed by atoms with Crippen LogP contribution in [0.1, 0.15) is 30.5 Å². The molecule has 2 N–H and O–H groups in total. The van der Waals surface area contributed by atoms with Gasteiger partial charge in [-0.05, 0) is 30.0 Å². The minimum Gasteiger partial charge on any atom is -0.465 e. The molecule has 24 heavy (non-hydrogen) atoms. The van der Waals surface area contributed by atoms with Crippen molar-refractivity contribution >= 4 is 17.6 Å². The molecule has 2 amide bonds. The number of carbonyl (C=O) groups excluding carboxylic acids is 1. The van der Waals surface area contributed by atoms with Crippen molar-refractivity contribution in [3.63, 3.8) is 0 Å². The highest BCUT2D eigenvalue weighted by Gasteiger charge is 2.42. The molecular formula is C16H17F3N2O3. The number of rotatable bonds is 3. The largest absolute Gasteiger partial charge is 0.471 e. The van der Waals surface area contributed by atoms with Gasteiger partial charge in [-0.3, -0.25) is 4.79 Å². The highest BCUT2D eigenvalue weighted by molar-refractivity contribution is 5.83. The Bertz CT molecular complexity index is 654. The van der Waals surface area contributed by atoms with Crippen molar-refractivity contribution in [2.45, 2.75) is 25.6 Å². The van der Waals surface area contributed by atoms with Crippen molar-refractivity contribution in [2.24, 2.45) is 0 Å². The second-order valence-corrected chi connectivity index (χ2v) is 5.52. The van der Waals surface area contributed by atoms with Crippen LogP contribution in [0, 0.1) is 0 Å². The lowest BCUT2D eigenvalue weighted by atomic mass is 9.97. The highest BCUT2D eigenvalue weighted by atomic mass is 19.4. The summed E-state index contributed by atoms with van der Waals surface area (Å²) in [7, 11) is 0. The van der Waals surface area contributed by atoms with E-state index in [-0.39, 0.29) is 19.1 Å². The Labute approximate surface area is 136 Å². The molecule has 1 aliphatic rings. The Morgan fingerprint density at radius 2 is 1.88 bits per heavy atom. The van der Waals surface area contributed by atoms with E-state index in [1.807, 2.05) is 0 Å². The molecule has 0 spiro atoms. The fourth-order valence-electron chi connectivity index (χ4n) is 2.55. The minimum atomic E-state index is -4.85. The van der Waals surface area contributed by atoms with E-state index in [9.17, 15) is 22.8 Å². The first-order chi connectivity index (χ1) is 11.2. The quantitative estimate of drug-likeness (QED) is 0.886. The third kappa shape index (κ3) is 4.27. The third-order valence-corrected chi connectivity index (χ3v) is 3.86. The first-order valence-electron chi connectivity index (χ1n) is 7.33. The van der Waals surface area contributed by atoms with Crippen molar-refractivity contribution in [1.82, 2.24) is 10.2 Å². The molecule has 0 unspecified atom stereocenters. The SMILES string of the molecule is C[C@H](NC(=O)O)c1ccc(C2=CCN(C(=O)C(F)(F)F)CC2)cc1. The number of alkyl halides is 3. The summed E-state index contributed by atoms with van der Waals surface area (Å²) >= 11 is 0. The third-order valence-electron chi connectivity index (χ3n) is 3.86. The summed E-state index contributed by atoms with van der Waals surface area (Å²) in [6.45, 7) is 1.65. The first-order valence-corrected chi connectivity index (χ1v) is 7.33. The minimum absolute atomic E-state index is 0.0168. The predicted molar refractivity (Wildman–Crippen MR) is 81.2 cm³/mol. The number of hydrogen-bond donors (Lipinski definition) is 2. The molecule has 0 aliphatic carbocycles. The van der Waals surface area contributed by atoms with E-state index in [0.29, 0.717) is 6.42 Å². The summed E-state index contributed by atoms with van der Waals surface area (Å²) in [6, 6.07) is 6.76. The summed E-state index contributed by atoms with van der Waals surface area (Å²) in [5, 5.41) is 11.0. The summed E-state index contributed by atoms with van der Waals surface area (Å²) in [5.41, 5.74) is 2.50. The topological polar surface area (TPSA) is 69.6 Å². The number of carboxylic acid groups (broad SMARTS) is 1. The number of nitrogens with one attached hydrogen (secondary N) is 1. The molecule has 1 aromatic rings. The lowest BCUT2D eigenvalue weighted by Gasteiger charge is -2.27. The van der Waals surface area contributed by atoms with Gasteiger partial charge >= 0.3 is 18.2 Å². The number of hydrogen-bond acceptors (Lipinski definition) is 2. The first kappa shape index (κ1) is 17.8. The zero-order chi connectivity index (χ0) is 17.9. The second-order valence-electron chi connectivity index (χ2n) is 5.52. The fraction of sp³-hybridized carbons (Fsp3) is 0.375. The van der Waals surface area contributed by atoms with Crippen LogP contribution in [0.3, 0.4) is 0 Å². The molecule has 2 rings (SSSR count). The van der Waals surface area contributed by atoms with Gasteiger partial charge in [0, 0.05) is 13.1 Å². The average Bonchev–Trinajstić information content (AvgIpc) is 2.53. The van der Waals surface area contributed by atoms with E-state index in [1.54, 1.807) is 37.3 Å². The fourth-order valence-corrected chi connectivity index (χ4v) is 2.55. The Morgan fingerprint density at radius 3 is 2.33 bits per heavy atom. The molecule has 0 fully saturated rings. The smallest absolute Gasteiger partial charge is 0.465 e. The number of amides is 2. The zero-order valence-corrected chi connectivity index (χ0v) is 12.9. The standard InChI is InChI=1S/C16H17F3N2O3/c1-10(20-15(23)24)11-2-4-12(5-3-11)13-6-8-21(9-7-13)14(22)16(17,18)19/h2-6,10,20H,7-9H2,1H3,(H,23,24)/t10-/m0/s1. The van der Waals surface area contributed by atoms with Crippen molar-refractivity contribution < 1.29 is 27.9 Å². The van der Waals surface area contributed by atoms with E-state index in [0.717, 1.165) is 21.6 Å². The molecule has 0 saturated carbocycles. The maximum Gasteiger partial charge on any atom is 0.471 e. The molecule has 130 valence electrons. The molecule has 1 aromatic carbocycles. The summed E-state index contributed by atoms with van der Waals surface area (Å²) in [4.78, 5) is 22.6. The molecule has 0 aromatic heterocycles. The predicted octanol–water partition coefficient (Wildman–Crippen LogP) is 3.19. The van der Waals surface area contributed by atoms with Gasteiger partial charge in [-0.1, -0.05) is 30.3 Å². The Morgan fingerprint density at radius 1 is 1.25 bits per heavy atom. The summed E-state index contributed by atoms with van der Waals surface area (Å²) < 4.78 is 37.2. The van der Waals surface area contributed by atoms with Gasteiger partial charge in [0.25, 0.3) is 0 Å². The van der Waals surface area contributed by atoms with Gasteiger partial charge in [0.05, 0.1) is 6.04 Å². The Balaban J connectivity index is 2.04. The van der Waals surface area contributed by atoms with Crippen molar-refractivity contribution in [3.05, 3.63) is 41.5 Å². The molecule has 0 radical (unpaired) electrons.